The minimum atomic E-state index is 0.0138. The van der Waals surface area contributed by atoms with Crippen LogP contribution >= 0.6 is 24.0 Å². The Kier molecular flexibility index (Phi) is 7.56. The molecule has 4 saturated carbocycles. The van der Waals surface area contributed by atoms with Crippen molar-refractivity contribution in [1.82, 2.24) is 4.90 Å². The number of thiocarbonyl (C=S) groups is 1. The summed E-state index contributed by atoms with van der Waals surface area (Å²) in [5.41, 5.74) is 12.8. The number of ether oxygens (including phenoxy) is 2. The summed E-state index contributed by atoms with van der Waals surface area (Å²) >= 11 is 7.21. The number of nitrogens with zero attached hydrogens (tertiary/aromatic N) is 2. The van der Waals surface area contributed by atoms with Crippen molar-refractivity contribution in [2.24, 2.45) is 40.1 Å². The predicted molar refractivity (Wildman–Crippen MR) is 162 cm³/mol. The van der Waals surface area contributed by atoms with Crippen molar-refractivity contribution >= 4 is 46.2 Å². The molecule has 2 heterocycles. The van der Waals surface area contributed by atoms with Gasteiger partial charge in [0.25, 0.3) is 5.91 Å². The first kappa shape index (κ1) is 27.2. The highest BCUT2D eigenvalue weighted by atomic mass is 32.2. The molecule has 0 radical (unpaired) electrons. The van der Waals surface area contributed by atoms with E-state index in [1.165, 1.54) is 43.9 Å². The van der Waals surface area contributed by atoms with Crippen LogP contribution in [0.15, 0.2) is 38.6 Å². The standard InChI is InChI=1S/C30H36N4O4S2/c1-36-22-11-19(12-23(14-22)37-2)24-13-18(4-3-5-33-29(31)32)25(38-24)15-26-28(35)34(30(39)40-26)27-20-7-16-6-17(9-20)10-21(27)8-16/h11-17,20-21,27H,3-10H2,1-2H3,(H4,31,32,33)/b26-15-. The van der Waals surface area contributed by atoms with Gasteiger partial charge in [-0.25, -0.2) is 0 Å². The Morgan fingerprint density at radius 3 is 2.33 bits per heavy atom. The summed E-state index contributed by atoms with van der Waals surface area (Å²) in [6.07, 6.45) is 9.60. The van der Waals surface area contributed by atoms with Crippen LogP contribution in [-0.2, 0) is 11.2 Å². The second-order valence-corrected chi connectivity index (χ2v) is 13.2. The van der Waals surface area contributed by atoms with Gasteiger partial charge in [0.2, 0.25) is 0 Å². The Balaban J connectivity index is 1.30. The largest absolute Gasteiger partial charge is 0.497 e. The number of nitrogens with two attached hydrogens (primary N) is 2. The van der Waals surface area contributed by atoms with Crippen molar-refractivity contribution in [3.8, 4) is 22.8 Å². The van der Waals surface area contributed by atoms with E-state index in [1.54, 1.807) is 14.2 Å². The minimum Gasteiger partial charge on any atom is -0.497 e. The van der Waals surface area contributed by atoms with Crippen molar-refractivity contribution in [3.63, 3.8) is 0 Å². The van der Waals surface area contributed by atoms with Crippen molar-refractivity contribution in [2.45, 2.75) is 51.0 Å². The highest BCUT2D eigenvalue weighted by Gasteiger charge is 2.53. The first-order valence-electron chi connectivity index (χ1n) is 14.0. The second-order valence-electron chi connectivity index (χ2n) is 11.5. The summed E-state index contributed by atoms with van der Waals surface area (Å²) in [6, 6.07) is 7.87. The van der Waals surface area contributed by atoms with Crippen LogP contribution in [0.1, 0.15) is 49.8 Å². The van der Waals surface area contributed by atoms with Gasteiger partial charge >= 0.3 is 0 Å². The normalized spacial score (nSPS) is 28.0. The average molecular weight is 581 g/mol. The lowest BCUT2D eigenvalue weighted by molar-refractivity contribution is -0.130. The third-order valence-corrected chi connectivity index (χ3v) is 10.3. The van der Waals surface area contributed by atoms with E-state index in [4.69, 9.17) is 37.6 Å². The summed E-state index contributed by atoms with van der Waals surface area (Å²) in [4.78, 5) is 20.5. The molecule has 40 heavy (non-hydrogen) atoms. The van der Waals surface area contributed by atoms with Gasteiger partial charge in [-0.15, -0.1) is 0 Å². The van der Waals surface area contributed by atoms with Crippen LogP contribution in [0.5, 0.6) is 11.5 Å². The Morgan fingerprint density at radius 2 is 1.73 bits per heavy atom. The molecular formula is C30H36N4O4S2. The van der Waals surface area contributed by atoms with E-state index in [0.29, 0.717) is 57.0 Å². The fourth-order valence-electron chi connectivity index (χ4n) is 7.50. The molecule has 0 atom stereocenters. The van der Waals surface area contributed by atoms with Gasteiger partial charge in [0.1, 0.15) is 27.3 Å². The molecule has 5 aliphatic rings. The zero-order valence-electron chi connectivity index (χ0n) is 22.9. The fourth-order valence-corrected chi connectivity index (χ4v) is 8.82. The summed E-state index contributed by atoms with van der Waals surface area (Å²) in [7, 11) is 3.24. The van der Waals surface area contributed by atoms with Gasteiger partial charge in [-0.05, 0) is 92.4 Å². The van der Waals surface area contributed by atoms with E-state index in [-0.39, 0.29) is 17.9 Å². The maximum atomic E-state index is 13.9. The smallest absolute Gasteiger partial charge is 0.266 e. The molecule has 5 fully saturated rings. The maximum absolute atomic E-state index is 13.9. The molecule has 1 aromatic heterocycles. The van der Waals surface area contributed by atoms with Crippen molar-refractivity contribution in [2.75, 3.05) is 20.8 Å². The molecule has 7 rings (SSSR count). The molecule has 1 amide bonds. The molecule has 0 unspecified atom stereocenters. The number of hydrogen-bond donors (Lipinski definition) is 2. The van der Waals surface area contributed by atoms with E-state index >= 15 is 0 Å². The van der Waals surface area contributed by atoms with Crippen molar-refractivity contribution < 1.29 is 18.7 Å². The molecule has 1 saturated heterocycles. The quantitative estimate of drug-likeness (QED) is 0.137. The molecule has 8 nitrogen and oxygen atoms in total. The van der Waals surface area contributed by atoms with Crippen LogP contribution in [-0.4, -0.2) is 47.9 Å². The third-order valence-electron chi connectivity index (χ3n) is 8.94. The molecular weight excluding hydrogens is 544 g/mol. The minimum absolute atomic E-state index is 0.0138. The number of thioether (sulfide) groups is 1. The fraction of sp³-hybridized carbons (Fsp3) is 0.500. The zero-order chi connectivity index (χ0) is 28.0. The SMILES string of the molecule is COc1cc(OC)cc(-c2cc(CCCN=C(N)N)c(/C=C3\SC(=S)N(C4C5CC6CC(C5)CC4C6)C3=O)o2)c1. The van der Waals surface area contributed by atoms with Crippen LogP contribution in [0.25, 0.3) is 17.4 Å². The summed E-state index contributed by atoms with van der Waals surface area (Å²) in [5, 5.41) is 0. The number of amides is 1. The topological polar surface area (TPSA) is 116 Å². The van der Waals surface area contributed by atoms with Gasteiger partial charge in [0.05, 0.1) is 19.1 Å². The highest BCUT2D eigenvalue weighted by Crippen LogP contribution is 2.56. The molecule has 1 aromatic carbocycles. The van der Waals surface area contributed by atoms with Gasteiger partial charge in [0.15, 0.2) is 5.96 Å². The number of methoxy groups -OCH3 is 2. The number of benzene rings is 1. The van der Waals surface area contributed by atoms with Crippen LogP contribution in [0.3, 0.4) is 0 Å². The first-order chi connectivity index (χ1) is 19.3. The van der Waals surface area contributed by atoms with Crippen LogP contribution in [0, 0.1) is 23.7 Å². The highest BCUT2D eigenvalue weighted by molar-refractivity contribution is 8.26. The van der Waals surface area contributed by atoms with E-state index in [9.17, 15) is 4.79 Å². The molecule has 10 heteroatoms. The number of aliphatic imine (C=N–C) groups is 1. The van der Waals surface area contributed by atoms with Gasteiger partial charge in [0, 0.05) is 30.3 Å². The average Bonchev–Trinajstić information content (AvgIpc) is 3.45. The zero-order valence-corrected chi connectivity index (χ0v) is 24.6. The van der Waals surface area contributed by atoms with Crippen molar-refractivity contribution in [1.29, 1.82) is 0 Å². The first-order valence-corrected chi connectivity index (χ1v) is 15.2. The molecule has 1 aliphatic heterocycles. The molecule has 0 spiro atoms. The molecule has 4 N–H and O–H groups in total. The van der Waals surface area contributed by atoms with E-state index < -0.39 is 0 Å². The monoisotopic (exact) mass is 580 g/mol. The van der Waals surface area contributed by atoms with Crippen LogP contribution < -0.4 is 20.9 Å². The summed E-state index contributed by atoms with van der Waals surface area (Å²) < 4.78 is 18.0. The lowest BCUT2D eigenvalue weighted by Crippen LogP contribution is -2.57. The third kappa shape index (κ3) is 5.23. The van der Waals surface area contributed by atoms with Gasteiger partial charge in [-0.1, -0.05) is 24.0 Å². The van der Waals surface area contributed by atoms with E-state index in [1.807, 2.05) is 35.2 Å². The number of aryl methyl sites for hydroxylation is 1. The van der Waals surface area contributed by atoms with Crippen LogP contribution in [0.2, 0.25) is 0 Å². The molecule has 4 aliphatic carbocycles. The molecule has 2 aromatic rings. The summed E-state index contributed by atoms with van der Waals surface area (Å²) in [6.45, 7) is 0.504. The van der Waals surface area contributed by atoms with Gasteiger partial charge in [-0.3, -0.25) is 14.7 Å². The second kappa shape index (κ2) is 11.1. The Labute approximate surface area is 244 Å². The molecule has 212 valence electrons. The number of furan rings is 1. The number of carbonyl (C=O) groups excluding carboxylic acids is 1. The van der Waals surface area contributed by atoms with Crippen molar-refractivity contribution in [3.05, 3.63) is 40.5 Å². The van der Waals surface area contributed by atoms with Crippen LogP contribution in [0.4, 0.5) is 0 Å². The van der Waals surface area contributed by atoms with E-state index in [2.05, 4.69) is 4.99 Å². The number of guanidine groups is 1. The van der Waals surface area contributed by atoms with E-state index in [0.717, 1.165) is 29.4 Å². The summed E-state index contributed by atoms with van der Waals surface area (Å²) in [5.74, 6) is 5.55. The maximum Gasteiger partial charge on any atom is 0.266 e. The lowest BCUT2D eigenvalue weighted by atomic mass is 9.54. The predicted octanol–water partition coefficient (Wildman–Crippen LogP) is 5.20. The number of rotatable bonds is 9. The number of hydrogen-bond acceptors (Lipinski definition) is 7. The van der Waals surface area contributed by atoms with Gasteiger partial charge < -0.3 is 25.4 Å². The van der Waals surface area contributed by atoms with Gasteiger partial charge in [-0.2, -0.15) is 0 Å². The Hall–Kier alpha value is -2.98. The Bertz CT molecular complexity index is 1330. The molecule has 4 bridgehead atoms. The number of carbonyl (C=O) groups is 1. The Morgan fingerprint density at radius 1 is 1.07 bits per heavy atom. The lowest BCUT2D eigenvalue weighted by Gasteiger charge is -2.56.